The van der Waals surface area contributed by atoms with Crippen LogP contribution in [0.5, 0.6) is 0 Å². The van der Waals surface area contributed by atoms with Crippen LogP contribution in [0.2, 0.25) is 0 Å². The van der Waals surface area contributed by atoms with Gasteiger partial charge in [-0.3, -0.25) is 4.57 Å². The highest BCUT2D eigenvalue weighted by molar-refractivity contribution is 7.71. The van der Waals surface area contributed by atoms with Gasteiger partial charge in [-0.25, -0.2) is 8.78 Å². The largest absolute Gasteiger partial charge is 0.337 e. The van der Waals surface area contributed by atoms with Gasteiger partial charge >= 0.3 is 0 Å². The van der Waals surface area contributed by atoms with Crippen LogP contribution < -0.4 is 0 Å². The Hall–Kier alpha value is -1.49. The molecule has 1 N–H and O–H groups in total. The molecule has 96 valence electrons. The van der Waals surface area contributed by atoms with Crippen molar-refractivity contribution in [2.45, 2.75) is 26.2 Å². The molecule has 0 unspecified atom stereocenters. The lowest BCUT2D eigenvalue weighted by Gasteiger charge is -2.21. The molecule has 0 saturated heterocycles. The zero-order chi connectivity index (χ0) is 13.5. The van der Waals surface area contributed by atoms with E-state index in [1.165, 1.54) is 22.8 Å². The van der Waals surface area contributed by atoms with E-state index in [4.69, 9.17) is 12.2 Å². The van der Waals surface area contributed by atoms with Gasteiger partial charge in [0.05, 0.1) is 0 Å². The van der Waals surface area contributed by atoms with Crippen molar-refractivity contribution in [2.75, 3.05) is 0 Å². The van der Waals surface area contributed by atoms with Crippen molar-refractivity contribution in [3.8, 4) is 5.69 Å². The van der Waals surface area contributed by atoms with Gasteiger partial charge in [-0.15, -0.1) is 0 Å². The van der Waals surface area contributed by atoms with Crippen LogP contribution in [0, 0.1) is 16.4 Å². The van der Waals surface area contributed by atoms with Crippen molar-refractivity contribution in [1.82, 2.24) is 9.55 Å². The Balaban J connectivity index is 2.80. The van der Waals surface area contributed by atoms with E-state index in [2.05, 4.69) is 4.98 Å². The lowest BCUT2D eigenvalue weighted by Crippen LogP contribution is -2.18. The lowest BCUT2D eigenvalue weighted by atomic mass is 9.92. The van der Waals surface area contributed by atoms with Crippen LogP contribution in [0.4, 0.5) is 8.78 Å². The third-order valence-corrected chi connectivity index (χ3v) is 3.01. The fourth-order valence-electron chi connectivity index (χ4n) is 1.85. The smallest absolute Gasteiger partial charge is 0.182 e. The number of aromatic amines is 1. The molecule has 0 aliphatic carbocycles. The van der Waals surface area contributed by atoms with Crippen molar-refractivity contribution in [2.24, 2.45) is 0 Å². The number of hydrogen-bond acceptors (Lipinski definition) is 1. The number of benzene rings is 1. The van der Waals surface area contributed by atoms with Gasteiger partial charge in [-0.1, -0.05) is 26.8 Å². The van der Waals surface area contributed by atoms with Crippen LogP contribution in [-0.4, -0.2) is 9.55 Å². The Labute approximate surface area is 109 Å². The minimum atomic E-state index is -0.629. The molecule has 0 spiro atoms. The Morgan fingerprint density at radius 2 is 1.72 bits per heavy atom. The monoisotopic (exact) mass is 268 g/mol. The van der Waals surface area contributed by atoms with Gasteiger partial charge in [0.2, 0.25) is 0 Å². The first-order valence-electron chi connectivity index (χ1n) is 5.57. The highest BCUT2D eigenvalue weighted by Crippen LogP contribution is 2.27. The third-order valence-electron chi connectivity index (χ3n) is 2.71. The molecule has 1 aromatic carbocycles. The molecule has 0 saturated carbocycles. The zero-order valence-electron chi connectivity index (χ0n) is 10.4. The minimum absolute atomic E-state index is 0.131. The second-order valence-electron chi connectivity index (χ2n) is 5.13. The SMILES string of the molecule is CC(C)(C)c1c[nH]c(=S)n1-c1c(F)cccc1F. The summed E-state index contributed by atoms with van der Waals surface area (Å²) >= 11 is 5.12. The summed E-state index contributed by atoms with van der Waals surface area (Å²) in [4.78, 5) is 2.84. The van der Waals surface area contributed by atoms with E-state index in [0.717, 1.165) is 5.69 Å². The molecular formula is C13H14F2N2S. The first kappa shape index (κ1) is 13.0. The summed E-state index contributed by atoms with van der Waals surface area (Å²) < 4.78 is 29.4. The topological polar surface area (TPSA) is 20.7 Å². The van der Waals surface area contributed by atoms with Crippen LogP contribution in [0.25, 0.3) is 5.69 Å². The van der Waals surface area contributed by atoms with Gasteiger partial charge in [0.15, 0.2) is 4.77 Å². The number of hydrogen-bond donors (Lipinski definition) is 1. The van der Waals surface area contributed by atoms with Gasteiger partial charge < -0.3 is 4.98 Å². The van der Waals surface area contributed by atoms with Crippen molar-refractivity contribution in [3.63, 3.8) is 0 Å². The zero-order valence-corrected chi connectivity index (χ0v) is 11.2. The maximum absolute atomic E-state index is 13.8. The summed E-state index contributed by atoms with van der Waals surface area (Å²) in [5.74, 6) is -1.26. The Kier molecular flexibility index (Phi) is 3.11. The molecule has 0 bridgehead atoms. The molecule has 2 aromatic rings. The first-order chi connectivity index (χ1) is 8.32. The van der Waals surface area contributed by atoms with E-state index in [1.807, 2.05) is 20.8 Å². The summed E-state index contributed by atoms with van der Waals surface area (Å²) in [6.07, 6.45) is 1.69. The van der Waals surface area contributed by atoms with Gasteiger partial charge in [-0.2, -0.15) is 0 Å². The molecule has 1 aromatic heterocycles. The quantitative estimate of drug-likeness (QED) is 0.772. The predicted molar refractivity (Wildman–Crippen MR) is 69.6 cm³/mol. The Morgan fingerprint density at radius 1 is 1.17 bits per heavy atom. The standard InChI is InChI=1S/C13H14F2N2S/c1-13(2,3)10-7-16-12(18)17(10)11-8(14)5-4-6-9(11)15/h4-7H,1-3H3,(H,16,18). The van der Waals surface area contributed by atoms with Crippen LogP contribution in [0.3, 0.4) is 0 Å². The maximum Gasteiger partial charge on any atom is 0.182 e. The second-order valence-corrected chi connectivity index (χ2v) is 5.52. The number of H-pyrrole nitrogens is 1. The fraction of sp³-hybridized carbons (Fsp3) is 0.308. The average Bonchev–Trinajstić information content (AvgIpc) is 2.60. The van der Waals surface area contributed by atoms with E-state index < -0.39 is 11.6 Å². The number of nitrogens with one attached hydrogen (secondary N) is 1. The molecule has 2 nitrogen and oxygen atoms in total. The van der Waals surface area contributed by atoms with Gasteiger partial charge in [-0.05, 0) is 24.4 Å². The van der Waals surface area contributed by atoms with Crippen LogP contribution >= 0.6 is 12.2 Å². The molecular weight excluding hydrogens is 254 g/mol. The number of para-hydroxylation sites is 1. The number of imidazole rings is 1. The molecule has 5 heteroatoms. The van der Waals surface area contributed by atoms with E-state index in [1.54, 1.807) is 6.20 Å². The van der Waals surface area contributed by atoms with Crippen molar-refractivity contribution in [3.05, 3.63) is 46.5 Å². The fourth-order valence-corrected chi connectivity index (χ4v) is 2.09. The molecule has 18 heavy (non-hydrogen) atoms. The normalized spacial score (nSPS) is 11.8. The van der Waals surface area contributed by atoms with E-state index in [-0.39, 0.29) is 15.9 Å². The van der Waals surface area contributed by atoms with Gasteiger partial charge in [0.1, 0.15) is 17.3 Å². The number of rotatable bonds is 1. The highest BCUT2D eigenvalue weighted by atomic mass is 32.1. The van der Waals surface area contributed by atoms with Crippen molar-refractivity contribution in [1.29, 1.82) is 0 Å². The molecule has 0 amide bonds. The second kappa shape index (κ2) is 4.31. The summed E-state index contributed by atoms with van der Waals surface area (Å²) in [7, 11) is 0. The molecule has 2 rings (SSSR count). The summed E-state index contributed by atoms with van der Waals surface area (Å²) in [6.45, 7) is 5.88. The summed E-state index contributed by atoms with van der Waals surface area (Å²) in [6, 6.07) is 3.78. The Bertz CT molecular complexity index is 615. The van der Waals surface area contributed by atoms with Crippen molar-refractivity contribution < 1.29 is 8.78 Å². The number of nitrogens with zero attached hydrogens (tertiary/aromatic N) is 1. The van der Waals surface area contributed by atoms with E-state index in [9.17, 15) is 8.78 Å². The molecule has 0 aliphatic heterocycles. The van der Waals surface area contributed by atoms with E-state index >= 15 is 0 Å². The van der Waals surface area contributed by atoms with Gasteiger partial charge in [0.25, 0.3) is 0 Å². The maximum atomic E-state index is 13.8. The Morgan fingerprint density at radius 3 is 2.22 bits per heavy atom. The minimum Gasteiger partial charge on any atom is -0.337 e. The van der Waals surface area contributed by atoms with Crippen molar-refractivity contribution >= 4 is 12.2 Å². The molecule has 0 radical (unpaired) electrons. The molecule has 0 atom stereocenters. The predicted octanol–water partition coefficient (Wildman–Crippen LogP) is 4.11. The molecule has 0 fully saturated rings. The number of halogens is 2. The molecule has 0 aliphatic rings. The molecule has 1 heterocycles. The van der Waals surface area contributed by atoms with Crippen LogP contribution in [0.1, 0.15) is 26.5 Å². The van der Waals surface area contributed by atoms with Crippen LogP contribution in [0.15, 0.2) is 24.4 Å². The lowest BCUT2D eigenvalue weighted by molar-refractivity contribution is 0.528. The summed E-state index contributed by atoms with van der Waals surface area (Å²) in [5.41, 5.74) is 0.326. The highest BCUT2D eigenvalue weighted by Gasteiger charge is 2.23. The van der Waals surface area contributed by atoms with E-state index in [0.29, 0.717) is 0 Å². The summed E-state index contributed by atoms with van der Waals surface area (Å²) in [5, 5.41) is 0. The number of aromatic nitrogens is 2. The van der Waals surface area contributed by atoms with Crippen LogP contribution in [-0.2, 0) is 5.41 Å². The average molecular weight is 268 g/mol. The first-order valence-corrected chi connectivity index (χ1v) is 5.98. The van der Waals surface area contributed by atoms with Gasteiger partial charge in [0, 0.05) is 17.3 Å². The third kappa shape index (κ3) is 2.10.